The second-order valence-corrected chi connectivity index (χ2v) is 6.43. The quantitative estimate of drug-likeness (QED) is 0.438. The van der Waals surface area contributed by atoms with Gasteiger partial charge in [0, 0.05) is 7.05 Å². The zero-order valence-electron chi connectivity index (χ0n) is 17.0. The summed E-state index contributed by atoms with van der Waals surface area (Å²) in [5.41, 5.74) is 0.604. The van der Waals surface area contributed by atoms with Crippen molar-refractivity contribution in [2.45, 2.75) is 13.2 Å². The third-order valence-electron chi connectivity index (χ3n) is 4.36. The van der Waals surface area contributed by atoms with E-state index >= 15 is 0 Å². The topological polar surface area (TPSA) is 111 Å². The molecule has 1 N–H and O–H groups in total. The third kappa shape index (κ3) is 5.34. The number of aromatic nitrogens is 2. The van der Waals surface area contributed by atoms with E-state index in [9.17, 15) is 14.4 Å². The van der Waals surface area contributed by atoms with Crippen molar-refractivity contribution in [1.29, 1.82) is 0 Å². The van der Waals surface area contributed by atoms with E-state index in [0.717, 1.165) is 16.2 Å². The van der Waals surface area contributed by atoms with Crippen molar-refractivity contribution >= 4 is 17.8 Å². The number of ether oxygens (including phenoxy) is 2. The summed E-state index contributed by atoms with van der Waals surface area (Å²) in [7, 11) is 2.64. The van der Waals surface area contributed by atoms with Crippen molar-refractivity contribution in [3.8, 4) is 0 Å². The van der Waals surface area contributed by atoms with Gasteiger partial charge < -0.3 is 9.47 Å². The molecule has 1 heterocycles. The van der Waals surface area contributed by atoms with E-state index in [0.29, 0.717) is 0 Å². The van der Waals surface area contributed by atoms with Crippen LogP contribution in [0.3, 0.4) is 0 Å². The standard InChI is InChI=1S/C22H21N3O6/c1-25(29-2)20(26)18-17(21(27)30-13-15-9-5-3-6-10-15)19(24-23-18)22(28)31-14-16-11-7-4-8-12-16/h3-12H,13-14H2,1-2H3,(H,23,24). The highest BCUT2D eigenvalue weighted by atomic mass is 16.7. The Balaban J connectivity index is 1.84. The van der Waals surface area contributed by atoms with Crippen LogP contribution in [-0.4, -0.2) is 47.3 Å². The first kappa shape index (κ1) is 21.7. The number of aromatic amines is 1. The Labute approximate surface area is 178 Å². The van der Waals surface area contributed by atoms with Gasteiger partial charge in [-0.2, -0.15) is 5.10 Å². The van der Waals surface area contributed by atoms with Gasteiger partial charge in [-0.05, 0) is 11.1 Å². The fourth-order valence-corrected chi connectivity index (χ4v) is 2.67. The van der Waals surface area contributed by atoms with E-state index in [4.69, 9.17) is 14.3 Å². The molecule has 0 aliphatic heterocycles. The summed E-state index contributed by atoms with van der Waals surface area (Å²) in [6.07, 6.45) is 0. The fraction of sp³-hybridized carbons (Fsp3) is 0.182. The average Bonchev–Trinajstić information content (AvgIpc) is 3.26. The fourth-order valence-electron chi connectivity index (χ4n) is 2.67. The average molecular weight is 423 g/mol. The van der Waals surface area contributed by atoms with Gasteiger partial charge in [0.2, 0.25) is 0 Å². The first-order valence-corrected chi connectivity index (χ1v) is 9.34. The summed E-state index contributed by atoms with van der Waals surface area (Å²) in [5.74, 6) is -2.47. The number of esters is 2. The number of nitrogens with one attached hydrogen (secondary N) is 1. The van der Waals surface area contributed by atoms with Crippen molar-refractivity contribution < 1.29 is 28.7 Å². The molecule has 0 bridgehead atoms. The highest BCUT2D eigenvalue weighted by Gasteiger charge is 2.32. The van der Waals surface area contributed by atoms with Gasteiger partial charge in [0.25, 0.3) is 5.91 Å². The van der Waals surface area contributed by atoms with Gasteiger partial charge in [-0.25, -0.2) is 14.7 Å². The van der Waals surface area contributed by atoms with Gasteiger partial charge in [-0.1, -0.05) is 60.7 Å². The molecule has 0 saturated heterocycles. The van der Waals surface area contributed by atoms with Crippen LogP contribution in [0.4, 0.5) is 0 Å². The SMILES string of the molecule is CON(C)C(=O)c1n[nH]c(C(=O)OCc2ccccc2)c1C(=O)OCc1ccccc1. The number of carbonyl (C=O) groups excluding carboxylic acids is 3. The largest absolute Gasteiger partial charge is 0.457 e. The number of H-pyrrole nitrogens is 1. The van der Waals surface area contributed by atoms with Gasteiger partial charge >= 0.3 is 11.9 Å². The van der Waals surface area contributed by atoms with Gasteiger partial charge in [0.1, 0.15) is 18.8 Å². The third-order valence-corrected chi connectivity index (χ3v) is 4.36. The number of hydrogen-bond donors (Lipinski definition) is 1. The van der Waals surface area contributed by atoms with Crippen molar-refractivity contribution in [1.82, 2.24) is 15.3 Å². The van der Waals surface area contributed by atoms with E-state index < -0.39 is 17.8 Å². The van der Waals surface area contributed by atoms with Gasteiger partial charge in [0.15, 0.2) is 11.4 Å². The molecule has 0 aliphatic rings. The molecular weight excluding hydrogens is 402 g/mol. The molecule has 0 saturated carbocycles. The van der Waals surface area contributed by atoms with Crippen LogP contribution in [0, 0.1) is 0 Å². The van der Waals surface area contributed by atoms with Crippen LogP contribution in [0.5, 0.6) is 0 Å². The maximum absolute atomic E-state index is 12.8. The van der Waals surface area contributed by atoms with Crippen LogP contribution < -0.4 is 0 Å². The second-order valence-electron chi connectivity index (χ2n) is 6.43. The summed E-state index contributed by atoms with van der Waals surface area (Å²) in [5, 5.41) is 7.14. The van der Waals surface area contributed by atoms with Crippen LogP contribution in [0.15, 0.2) is 60.7 Å². The molecule has 3 aromatic rings. The molecule has 160 valence electrons. The minimum Gasteiger partial charge on any atom is -0.457 e. The zero-order valence-corrected chi connectivity index (χ0v) is 17.0. The van der Waals surface area contributed by atoms with Crippen molar-refractivity contribution in [2.24, 2.45) is 0 Å². The minimum absolute atomic E-state index is 0.0154. The number of hydrogen-bond acceptors (Lipinski definition) is 7. The number of nitrogens with zero attached hydrogens (tertiary/aromatic N) is 2. The number of benzene rings is 2. The molecule has 0 radical (unpaired) electrons. The summed E-state index contributed by atoms with van der Waals surface area (Å²) < 4.78 is 10.6. The Morgan fingerprint density at radius 3 is 1.90 bits per heavy atom. The minimum atomic E-state index is -0.892. The highest BCUT2D eigenvalue weighted by Crippen LogP contribution is 2.18. The molecule has 9 heteroatoms. The normalized spacial score (nSPS) is 10.4. The summed E-state index contributed by atoms with van der Waals surface area (Å²) in [4.78, 5) is 42.9. The van der Waals surface area contributed by atoms with Gasteiger partial charge in [-0.3, -0.25) is 14.7 Å². The summed E-state index contributed by atoms with van der Waals surface area (Å²) >= 11 is 0. The molecule has 0 unspecified atom stereocenters. The lowest BCUT2D eigenvalue weighted by Crippen LogP contribution is -2.28. The lowest BCUT2D eigenvalue weighted by atomic mass is 10.1. The Morgan fingerprint density at radius 1 is 0.871 bits per heavy atom. The monoisotopic (exact) mass is 423 g/mol. The number of carbonyl (C=O) groups is 3. The first-order chi connectivity index (χ1) is 15.0. The second kappa shape index (κ2) is 10.2. The maximum atomic E-state index is 12.8. The molecule has 1 aromatic heterocycles. The van der Waals surface area contributed by atoms with E-state index in [2.05, 4.69) is 10.2 Å². The van der Waals surface area contributed by atoms with Crippen molar-refractivity contribution in [3.05, 3.63) is 88.7 Å². The number of rotatable bonds is 8. The van der Waals surface area contributed by atoms with Crippen LogP contribution in [-0.2, 0) is 27.5 Å². The smallest absolute Gasteiger partial charge is 0.357 e. The molecule has 31 heavy (non-hydrogen) atoms. The lowest BCUT2D eigenvalue weighted by Gasteiger charge is -2.13. The van der Waals surface area contributed by atoms with E-state index in [1.807, 2.05) is 24.3 Å². The molecule has 9 nitrogen and oxygen atoms in total. The molecule has 3 rings (SSSR count). The van der Waals surface area contributed by atoms with Crippen LogP contribution in [0.1, 0.15) is 42.5 Å². The Kier molecular flexibility index (Phi) is 7.13. The molecule has 0 aliphatic carbocycles. The summed E-state index contributed by atoms with van der Waals surface area (Å²) in [6, 6.07) is 18.0. The molecule has 0 spiro atoms. The summed E-state index contributed by atoms with van der Waals surface area (Å²) in [6.45, 7) is -0.0600. The molecule has 1 amide bonds. The van der Waals surface area contributed by atoms with Gasteiger partial charge in [-0.15, -0.1) is 0 Å². The zero-order chi connectivity index (χ0) is 22.2. The predicted octanol–water partition coefficient (Wildman–Crippen LogP) is 2.76. The highest BCUT2D eigenvalue weighted by molar-refractivity contribution is 6.09. The Hall–Kier alpha value is -3.98. The van der Waals surface area contributed by atoms with Crippen molar-refractivity contribution in [3.63, 3.8) is 0 Å². The predicted molar refractivity (Wildman–Crippen MR) is 109 cm³/mol. The van der Waals surface area contributed by atoms with E-state index in [1.165, 1.54) is 14.2 Å². The number of amides is 1. The Bertz CT molecular complexity index is 1050. The van der Waals surface area contributed by atoms with Gasteiger partial charge in [0.05, 0.1) is 7.11 Å². The molecular formula is C22H21N3O6. The lowest BCUT2D eigenvalue weighted by molar-refractivity contribution is -0.0761. The van der Waals surface area contributed by atoms with E-state index in [1.54, 1.807) is 36.4 Å². The van der Waals surface area contributed by atoms with Crippen molar-refractivity contribution in [2.75, 3.05) is 14.2 Å². The van der Waals surface area contributed by atoms with Crippen LogP contribution in [0.2, 0.25) is 0 Å². The number of hydroxylamine groups is 2. The first-order valence-electron chi connectivity index (χ1n) is 9.34. The molecule has 0 fully saturated rings. The molecule has 2 aromatic carbocycles. The molecule has 0 atom stereocenters. The van der Waals surface area contributed by atoms with E-state index in [-0.39, 0.29) is 30.2 Å². The Morgan fingerprint density at radius 2 is 1.39 bits per heavy atom. The van der Waals surface area contributed by atoms with Crippen LogP contribution in [0.25, 0.3) is 0 Å². The maximum Gasteiger partial charge on any atom is 0.357 e. The van der Waals surface area contributed by atoms with Crippen LogP contribution >= 0.6 is 0 Å².